The van der Waals surface area contributed by atoms with Crippen LogP contribution in [0.25, 0.3) is 0 Å². The molecule has 0 saturated carbocycles. The smallest absolute Gasteiger partial charge is 0.345 e. The first-order valence-corrected chi connectivity index (χ1v) is 8.09. The molecule has 1 aromatic heterocycles. The van der Waals surface area contributed by atoms with Crippen molar-refractivity contribution in [2.24, 2.45) is 0 Å². The minimum absolute atomic E-state index is 0.0413. The van der Waals surface area contributed by atoms with Gasteiger partial charge in [0.1, 0.15) is 9.09 Å². The molecule has 106 valence electrons. The Balaban J connectivity index is 2.33. The predicted molar refractivity (Wildman–Crippen MR) is 78.3 cm³/mol. The summed E-state index contributed by atoms with van der Waals surface area (Å²) in [4.78, 5) is 10.7. The molecule has 0 aliphatic carbocycles. The SMILES string of the molecule is Cc1ccc(NS(=O)(=O)c2ccc(C(=O)O)s2)c(Cl)c1. The van der Waals surface area contributed by atoms with Gasteiger partial charge in [0.05, 0.1) is 10.7 Å². The van der Waals surface area contributed by atoms with Crippen LogP contribution in [0, 0.1) is 6.92 Å². The normalized spacial score (nSPS) is 11.3. The number of anilines is 1. The van der Waals surface area contributed by atoms with Crippen LogP contribution in [-0.2, 0) is 10.0 Å². The zero-order valence-electron chi connectivity index (χ0n) is 10.3. The van der Waals surface area contributed by atoms with Crippen LogP contribution in [0.1, 0.15) is 15.2 Å². The summed E-state index contributed by atoms with van der Waals surface area (Å²) < 4.78 is 26.5. The van der Waals surface area contributed by atoms with Crippen LogP contribution in [0.2, 0.25) is 5.02 Å². The summed E-state index contributed by atoms with van der Waals surface area (Å²) in [6.45, 7) is 1.84. The molecule has 0 unspecified atom stereocenters. The third-order valence-electron chi connectivity index (χ3n) is 2.43. The largest absolute Gasteiger partial charge is 0.477 e. The molecule has 0 radical (unpaired) electrons. The number of hydrogen-bond acceptors (Lipinski definition) is 4. The highest BCUT2D eigenvalue weighted by Gasteiger charge is 2.20. The molecule has 1 heterocycles. The lowest BCUT2D eigenvalue weighted by Gasteiger charge is -2.08. The minimum Gasteiger partial charge on any atom is -0.477 e. The number of hydrogen-bond donors (Lipinski definition) is 2. The van der Waals surface area contributed by atoms with E-state index in [1.54, 1.807) is 18.2 Å². The summed E-state index contributed by atoms with van der Waals surface area (Å²) in [5, 5.41) is 9.08. The first kappa shape index (κ1) is 14.8. The Morgan fingerprint density at radius 3 is 2.55 bits per heavy atom. The Bertz CT molecular complexity index is 768. The van der Waals surface area contributed by atoms with Crippen LogP contribution >= 0.6 is 22.9 Å². The van der Waals surface area contributed by atoms with Gasteiger partial charge in [-0.3, -0.25) is 4.72 Å². The fourth-order valence-electron chi connectivity index (χ4n) is 1.48. The maximum absolute atomic E-state index is 12.1. The van der Waals surface area contributed by atoms with Gasteiger partial charge in [-0.05, 0) is 36.8 Å². The number of carboxylic acid groups (broad SMARTS) is 1. The third kappa shape index (κ3) is 3.12. The summed E-state index contributed by atoms with van der Waals surface area (Å²) in [5.74, 6) is -1.16. The molecular weight excluding hydrogens is 322 g/mol. The lowest BCUT2D eigenvalue weighted by molar-refractivity contribution is 0.0702. The standard InChI is InChI=1S/C12H10ClNO4S2/c1-7-2-3-9(8(13)6-7)14-20(17,18)11-5-4-10(19-11)12(15)16/h2-6,14H,1H3,(H,15,16). The second-order valence-electron chi connectivity index (χ2n) is 4.01. The Labute approximate surface area is 124 Å². The van der Waals surface area contributed by atoms with Gasteiger partial charge in [0.25, 0.3) is 10.0 Å². The summed E-state index contributed by atoms with van der Waals surface area (Å²) in [5.41, 5.74) is 1.16. The van der Waals surface area contributed by atoms with Gasteiger partial charge in [0.15, 0.2) is 0 Å². The molecule has 0 fully saturated rings. The Morgan fingerprint density at radius 1 is 1.30 bits per heavy atom. The van der Waals surface area contributed by atoms with E-state index in [1.165, 1.54) is 12.1 Å². The van der Waals surface area contributed by atoms with Gasteiger partial charge in [0, 0.05) is 0 Å². The van der Waals surface area contributed by atoms with E-state index in [1.807, 2.05) is 6.92 Å². The van der Waals surface area contributed by atoms with Crippen LogP contribution in [0.15, 0.2) is 34.5 Å². The number of nitrogens with one attached hydrogen (secondary N) is 1. The average Bonchev–Trinajstić information content (AvgIpc) is 2.83. The topological polar surface area (TPSA) is 83.5 Å². The van der Waals surface area contributed by atoms with Crippen LogP contribution in [0.5, 0.6) is 0 Å². The van der Waals surface area contributed by atoms with Crippen molar-refractivity contribution >= 4 is 44.6 Å². The van der Waals surface area contributed by atoms with E-state index in [0.29, 0.717) is 11.3 Å². The molecule has 5 nitrogen and oxygen atoms in total. The molecular formula is C12H10ClNO4S2. The zero-order chi connectivity index (χ0) is 14.9. The second-order valence-corrected chi connectivity index (χ2v) is 7.41. The highest BCUT2D eigenvalue weighted by atomic mass is 35.5. The summed E-state index contributed by atoms with van der Waals surface area (Å²) in [6.07, 6.45) is 0. The number of carbonyl (C=O) groups is 1. The van der Waals surface area contributed by atoms with Crippen molar-refractivity contribution in [3.8, 4) is 0 Å². The average molecular weight is 332 g/mol. The van der Waals surface area contributed by atoms with Crippen molar-refractivity contribution in [3.63, 3.8) is 0 Å². The lowest BCUT2D eigenvalue weighted by atomic mass is 10.2. The van der Waals surface area contributed by atoms with Crippen molar-refractivity contribution < 1.29 is 18.3 Å². The highest BCUT2D eigenvalue weighted by Crippen LogP contribution is 2.28. The van der Waals surface area contributed by atoms with Crippen molar-refractivity contribution in [1.29, 1.82) is 0 Å². The molecule has 2 rings (SSSR count). The molecule has 0 aliphatic heterocycles. The molecule has 0 saturated heterocycles. The van der Waals surface area contributed by atoms with Gasteiger partial charge in [-0.1, -0.05) is 17.7 Å². The zero-order valence-corrected chi connectivity index (χ0v) is 12.6. The number of aryl methyl sites for hydroxylation is 1. The molecule has 2 N–H and O–H groups in total. The maximum atomic E-state index is 12.1. The Kier molecular flexibility index (Phi) is 4.03. The van der Waals surface area contributed by atoms with Crippen LogP contribution in [-0.4, -0.2) is 19.5 Å². The van der Waals surface area contributed by atoms with Gasteiger partial charge in [0.2, 0.25) is 0 Å². The molecule has 8 heteroatoms. The fraction of sp³-hybridized carbons (Fsp3) is 0.0833. The van der Waals surface area contributed by atoms with Crippen LogP contribution in [0.4, 0.5) is 5.69 Å². The van der Waals surface area contributed by atoms with Gasteiger partial charge in [-0.2, -0.15) is 0 Å². The van der Waals surface area contributed by atoms with Crippen molar-refractivity contribution in [3.05, 3.63) is 45.8 Å². The van der Waals surface area contributed by atoms with Gasteiger partial charge in [-0.15, -0.1) is 11.3 Å². The van der Waals surface area contributed by atoms with Crippen LogP contribution < -0.4 is 4.72 Å². The lowest BCUT2D eigenvalue weighted by Crippen LogP contribution is -2.11. The number of benzene rings is 1. The quantitative estimate of drug-likeness (QED) is 0.901. The van der Waals surface area contributed by atoms with E-state index < -0.39 is 16.0 Å². The molecule has 0 aliphatic rings. The van der Waals surface area contributed by atoms with Crippen molar-refractivity contribution in [2.75, 3.05) is 4.72 Å². The van der Waals surface area contributed by atoms with Gasteiger partial charge >= 0.3 is 5.97 Å². The molecule has 20 heavy (non-hydrogen) atoms. The molecule has 0 atom stereocenters. The van der Waals surface area contributed by atoms with Crippen molar-refractivity contribution in [1.82, 2.24) is 0 Å². The number of aromatic carboxylic acids is 1. The Hall–Kier alpha value is -1.57. The van der Waals surface area contributed by atoms with Gasteiger partial charge in [-0.25, -0.2) is 13.2 Å². The highest BCUT2D eigenvalue weighted by molar-refractivity contribution is 7.94. The van der Waals surface area contributed by atoms with E-state index in [4.69, 9.17) is 16.7 Å². The fourth-order valence-corrected chi connectivity index (χ4v) is 4.04. The summed E-state index contributed by atoms with van der Waals surface area (Å²) in [6, 6.07) is 7.41. The predicted octanol–water partition coefficient (Wildman–Crippen LogP) is 3.21. The van der Waals surface area contributed by atoms with Gasteiger partial charge < -0.3 is 5.11 Å². The minimum atomic E-state index is -3.84. The van der Waals surface area contributed by atoms with E-state index in [9.17, 15) is 13.2 Å². The van der Waals surface area contributed by atoms with E-state index >= 15 is 0 Å². The molecule has 1 aromatic carbocycles. The van der Waals surface area contributed by atoms with E-state index in [0.717, 1.165) is 5.56 Å². The molecule has 0 spiro atoms. The maximum Gasteiger partial charge on any atom is 0.345 e. The first-order chi connectivity index (χ1) is 9.29. The number of sulfonamides is 1. The summed E-state index contributed by atoms with van der Waals surface area (Å²) >= 11 is 6.64. The molecule has 0 bridgehead atoms. The first-order valence-electron chi connectivity index (χ1n) is 5.42. The van der Waals surface area contributed by atoms with Crippen molar-refractivity contribution in [2.45, 2.75) is 11.1 Å². The van der Waals surface area contributed by atoms with E-state index in [2.05, 4.69) is 4.72 Å². The number of halogens is 1. The third-order valence-corrected chi connectivity index (χ3v) is 5.67. The monoisotopic (exact) mass is 331 g/mol. The molecule has 0 amide bonds. The van der Waals surface area contributed by atoms with E-state index in [-0.39, 0.29) is 19.8 Å². The van der Waals surface area contributed by atoms with Crippen LogP contribution in [0.3, 0.4) is 0 Å². The number of rotatable bonds is 4. The number of thiophene rings is 1. The molecule has 2 aromatic rings. The second kappa shape index (κ2) is 5.43. The summed E-state index contributed by atoms with van der Waals surface area (Å²) in [7, 11) is -3.84. The number of carboxylic acids is 1. The Morgan fingerprint density at radius 2 is 2.00 bits per heavy atom.